The monoisotopic (exact) mass is 248 g/mol. The van der Waals surface area contributed by atoms with Crippen LogP contribution in [0.2, 0.25) is 0 Å². The first-order valence-electron chi connectivity index (χ1n) is 5.95. The molecule has 0 radical (unpaired) electrons. The Labute approximate surface area is 112 Å². The maximum absolute atomic E-state index is 8.74. The summed E-state index contributed by atoms with van der Waals surface area (Å²) in [5.74, 6) is 0.841. The van der Waals surface area contributed by atoms with Crippen LogP contribution >= 0.6 is 0 Å². The van der Waals surface area contributed by atoms with Crippen molar-refractivity contribution in [3.05, 3.63) is 47.5 Å². The van der Waals surface area contributed by atoms with Crippen LogP contribution in [0.5, 0.6) is 5.75 Å². The summed E-state index contributed by atoms with van der Waals surface area (Å²) < 4.78 is 5.45. The van der Waals surface area contributed by atoms with Crippen molar-refractivity contribution < 1.29 is 4.74 Å². The van der Waals surface area contributed by atoms with Gasteiger partial charge in [-0.1, -0.05) is 18.2 Å². The lowest BCUT2D eigenvalue weighted by Crippen LogP contribution is -1.90. The maximum Gasteiger partial charge on any atom is 0.130 e. The van der Waals surface area contributed by atoms with Crippen molar-refractivity contribution in [1.29, 1.82) is 10.5 Å². The average molecular weight is 248 g/mol. The molecule has 2 aromatic carbocycles. The number of rotatable bonds is 3. The Morgan fingerprint density at radius 3 is 2.47 bits per heavy atom. The van der Waals surface area contributed by atoms with Gasteiger partial charge in [-0.15, -0.1) is 0 Å². The van der Waals surface area contributed by atoms with E-state index in [1.54, 1.807) is 6.08 Å². The molecule has 19 heavy (non-hydrogen) atoms. The molecule has 0 amide bonds. The fraction of sp³-hybridized carbons (Fsp3) is 0.125. The number of benzene rings is 2. The highest BCUT2D eigenvalue weighted by atomic mass is 16.5. The van der Waals surface area contributed by atoms with E-state index in [0.29, 0.717) is 6.61 Å². The Morgan fingerprint density at radius 2 is 1.79 bits per heavy atom. The predicted molar refractivity (Wildman–Crippen MR) is 74.3 cm³/mol. The zero-order valence-electron chi connectivity index (χ0n) is 10.6. The first-order valence-corrected chi connectivity index (χ1v) is 5.95. The lowest BCUT2D eigenvalue weighted by atomic mass is 10.1. The molecule has 0 fully saturated rings. The number of allylic oxidation sites excluding steroid dienone is 1. The minimum Gasteiger partial charge on any atom is -0.494 e. The molecule has 0 heterocycles. The number of ether oxygens (including phenoxy) is 1. The van der Waals surface area contributed by atoms with Crippen LogP contribution in [-0.2, 0) is 0 Å². The largest absolute Gasteiger partial charge is 0.494 e. The van der Waals surface area contributed by atoms with Gasteiger partial charge in [-0.05, 0) is 47.5 Å². The molecule has 0 spiro atoms. The highest BCUT2D eigenvalue weighted by Gasteiger charge is 1.99. The van der Waals surface area contributed by atoms with Crippen molar-refractivity contribution in [3.8, 4) is 17.9 Å². The van der Waals surface area contributed by atoms with Crippen molar-refractivity contribution in [2.24, 2.45) is 0 Å². The van der Waals surface area contributed by atoms with E-state index in [4.69, 9.17) is 15.3 Å². The SMILES string of the molecule is CCOc1ccc2cc(C=C(C#N)C#N)ccc2c1. The van der Waals surface area contributed by atoms with Crippen molar-refractivity contribution >= 4 is 16.8 Å². The molecule has 0 unspecified atom stereocenters. The van der Waals surface area contributed by atoms with Crippen molar-refractivity contribution in [2.45, 2.75) is 6.92 Å². The quantitative estimate of drug-likeness (QED) is 0.779. The molecule has 0 aliphatic heterocycles. The maximum atomic E-state index is 8.74. The third kappa shape index (κ3) is 2.91. The summed E-state index contributed by atoms with van der Waals surface area (Å²) in [4.78, 5) is 0. The van der Waals surface area contributed by atoms with E-state index in [1.807, 2.05) is 55.5 Å². The average Bonchev–Trinajstić information content (AvgIpc) is 2.45. The molecule has 3 nitrogen and oxygen atoms in total. The van der Waals surface area contributed by atoms with Gasteiger partial charge in [-0.2, -0.15) is 10.5 Å². The zero-order chi connectivity index (χ0) is 13.7. The van der Waals surface area contributed by atoms with Gasteiger partial charge in [-0.25, -0.2) is 0 Å². The number of nitriles is 2. The van der Waals surface area contributed by atoms with E-state index in [1.165, 1.54) is 0 Å². The minimum absolute atomic E-state index is 0.102. The second-order valence-electron chi connectivity index (χ2n) is 3.98. The normalized spacial score (nSPS) is 9.42. The Kier molecular flexibility index (Phi) is 3.81. The van der Waals surface area contributed by atoms with Gasteiger partial charge >= 0.3 is 0 Å². The van der Waals surface area contributed by atoms with E-state index in [9.17, 15) is 0 Å². The molecule has 2 rings (SSSR count). The minimum atomic E-state index is 0.102. The number of nitrogens with zero attached hydrogens (tertiary/aromatic N) is 2. The van der Waals surface area contributed by atoms with Crippen LogP contribution in [0.1, 0.15) is 12.5 Å². The fourth-order valence-electron chi connectivity index (χ4n) is 1.84. The van der Waals surface area contributed by atoms with Crippen LogP contribution in [-0.4, -0.2) is 6.61 Å². The van der Waals surface area contributed by atoms with E-state index in [2.05, 4.69) is 0 Å². The van der Waals surface area contributed by atoms with Crippen molar-refractivity contribution in [1.82, 2.24) is 0 Å². The standard InChI is InChI=1S/C16H12N2O/c1-2-19-16-6-5-14-8-12(3-4-15(14)9-16)7-13(10-17)11-18/h3-9H,2H2,1H3. The molecule has 0 bridgehead atoms. The Hall–Kier alpha value is -2.78. The van der Waals surface area contributed by atoms with Crippen LogP contribution in [0.25, 0.3) is 16.8 Å². The summed E-state index contributed by atoms with van der Waals surface area (Å²) >= 11 is 0. The molecule has 92 valence electrons. The first-order chi connectivity index (χ1) is 9.26. The highest BCUT2D eigenvalue weighted by molar-refractivity contribution is 5.86. The zero-order valence-corrected chi connectivity index (χ0v) is 10.6. The lowest BCUT2D eigenvalue weighted by Gasteiger charge is -2.05. The van der Waals surface area contributed by atoms with Crippen LogP contribution < -0.4 is 4.74 Å². The van der Waals surface area contributed by atoms with E-state index >= 15 is 0 Å². The Morgan fingerprint density at radius 1 is 1.11 bits per heavy atom. The summed E-state index contributed by atoms with van der Waals surface area (Å²) in [7, 11) is 0. The lowest BCUT2D eigenvalue weighted by molar-refractivity contribution is 0.341. The summed E-state index contributed by atoms with van der Waals surface area (Å²) in [6, 6.07) is 15.3. The summed E-state index contributed by atoms with van der Waals surface area (Å²) in [6.07, 6.45) is 1.58. The molecular formula is C16H12N2O. The molecule has 0 aliphatic carbocycles. The number of hydrogen-bond acceptors (Lipinski definition) is 3. The van der Waals surface area contributed by atoms with Gasteiger partial charge in [0.05, 0.1) is 6.61 Å². The van der Waals surface area contributed by atoms with Gasteiger partial charge in [0.25, 0.3) is 0 Å². The molecule has 2 aromatic rings. The second kappa shape index (κ2) is 5.71. The molecule has 0 saturated carbocycles. The van der Waals surface area contributed by atoms with E-state index in [-0.39, 0.29) is 5.57 Å². The molecule has 3 heteroatoms. The van der Waals surface area contributed by atoms with Crippen LogP contribution in [0.4, 0.5) is 0 Å². The Balaban J connectivity index is 2.43. The van der Waals surface area contributed by atoms with Gasteiger partial charge in [0, 0.05) is 0 Å². The molecular weight excluding hydrogens is 236 g/mol. The first kappa shape index (κ1) is 12.7. The molecule has 0 atom stereocenters. The van der Waals surface area contributed by atoms with Gasteiger partial charge in [0.15, 0.2) is 0 Å². The third-order valence-electron chi connectivity index (χ3n) is 2.70. The number of hydrogen-bond donors (Lipinski definition) is 0. The number of fused-ring (bicyclic) bond motifs is 1. The molecule has 0 aliphatic rings. The molecule has 0 saturated heterocycles. The Bertz CT molecular complexity index is 702. The second-order valence-corrected chi connectivity index (χ2v) is 3.98. The van der Waals surface area contributed by atoms with E-state index < -0.39 is 0 Å². The smallest absolute Gasteiger partial charge is 0.130 e. The van der Waals surface area contributed by atoms with Gasteiger partial charge in [0.2, 0.25) is 0 Å². The van der Waals surface area contributed by atoms with Gasteiger partial charge < -0.3 is 4.74 Å². The van der Waals surface area contributed by atoms with Crippen LogP contribution in [0.3, 0.4) is 0 Å². The highest BCUT2D eigenvalue weighted by Crippen LogP contribution is 2.23. The third-order valence-corrected chi connectivity index (χ3v) is 2.70. The fourth-order valence-corrected chi connectivity index (χ4v) is 1.84. The summed E-state index contributed by atoms with van der Waals surface area (Å²) in [5, 5.41) is 19.6. The van der Waals surface area contributed by atoms with Crippen molar-refractivity contribution in [3.63, 3.8) is 0 Å². The van der Waals surface area contributed by atoms with Crippen LogP contribution in [0, 0.1) is 22.7 Å². The predicted octanol–water partition coefficient (Wildman–Crippen LogP) is 3.67. The van der Waals surface area contributed by atoms with Crippen molar-refractivity contribution in [2.75, 3.05) is 6.61 Å². The molecule has 0 N–H and O–H groups in total. The van der Waals surface area contributed by atoms with Gasteiger partial charge in [0.1, 0.15) is 23.5 Å². The van der Waals surface area contributed by atoms with E-state index in [0.717, 1.165) is 22.1 Å². The summed E-state index contributed by atoms with van der Waals surface area (Å²) in [5.41, 5.74) is 0.944. The molecule has 0 aromatic heterocycles. The summed E-state index contributed by atoms with van der Waals surface area (Å²) in [6.45, 7) is 2.59. The topological polar surface area (TPSA) is 56.8 Å². The van der Waals surface area contributed by atoms with Gasteiger partial charge in [-0.3, -0.25) is 0 Å². The van der Waals surface area contributed by atoms with Crippen LogP contribution in [0.15, 0.2) is 42.0 Å².